The van der Waals surface area contributed by atoms with Gasteiger partial charge in [-0.05, 0) is 6.07 Å². The summed E-state index contributed by atoms with van der Waals surface area (Å²) in [5.41, 5.74) is 9.56. The van der Waals surface area contributed by atoms with Crippen LogP contribution >= 0.6 is 0 Å². The van der Waals surface area contributed by atoms with E-state index in [9.17, 15) is 13.6 Å². The van der Waals surface area contributed by atoms with Crippen molar-refractivity contribution < 1.29 is 13.6 Å². The number of hydrogen-bond donors (Lipinski definition) is 2. The predicted molar refractivity (Wildman–Crippen MR) is 42.1 cm³/mol. The smallest absolute Gasteiger partial charge is 0.265 e. The van der Waals surface area contributed by atoms with Crippen LogP contribution in [0.25, 0.3) is 0 Å². The fourth-order valence-corrected chi connectivity index (χ4v) is 0.808. The fraction of sp³-hybridized carbons (Fsp3) is 0.143. The van der Waals surface area contributed by atoms with Crippen LogP contribution in [0.2, 0.25) is 0 Å². The van der Waals surface area contributed by atoms with Crippen LogP contribution in [0.4, 0.5) is 14.6 Å². The lowest BCUT2D eigenvalue weighted by atomic mass is 10.2. The maximum Gasteiger partial charge on any atom is 0.265 e. The zero-order chi connectivity index (χ0) is 10.0. The molecule has 0 aromatic carbocycles. The molecule has 0 saturated heterocycles. The first-order valence-electron chi connectivity index (χ1n) is 3.35. The molecule has 0 aliphatic carbocycles. The van der Waals surface area contributed by atoms with E-state index in [2.05, 4.69) is 4.98 Å². The highest BCUT2D eigenvalue weighted by Crippen LogP contribution is 2.20. The summed E-state index contributed by atoms with van der Waals surface area (Å²) in [7, 11) is 0. The van der Waals surface area contributed by atoms with E-state index in [-0.39, 0.29) is 16.9 Å². The molecule has 0 saturated carbocycles. The van der Waals surface area contributed by atoms with E-state index in [0.717, 1.165) is 12.3 Å². The van der Waals surface area contributed by atoms with Crippen LogP contribution in [-0.4, -0.2) is 10.9 Å². The number of alkyl halides is 2. The normalized spacial score (nSPS) is 10.4. The quantitative estimate of drug-likeness (QED) is 0.714. The monoisotopic (exact) mass is 187 g/mol. The van der Waals surface area contributed by atoms with E-state index in [4.69, 9.17) is 11.5 Å². The number of anilines is 1. The van der Waals surface area contributed by atoms with Crippen molar-refractivity contribution in [3.05, 3.63) is 23.4 Å². The highest BCUT2D eigenvalue weighted by atomic mass is 19.3. The van der Waals surface area contributed by atoms with Gasteiger partial charge in [-0.15, -0.1) is 0 Å². The Morgan fingerprint density at radius 3 is 2.62 bits per heavy atom. The first-order chi connectivity index (χ1) is 6.02. The van der Waals surface area contributed by atoms with Crippen molar-refractivity contribution in [3.63, 3.8) is 0 Å². The van der Waals surface area contributed by atoms with Crippen LogP contribution in [-0.2, 0) is 0 Å². The van der Waals surface area contributed by atoms with E-state index < -0.39 is 12.3 Å². The van der Waals surface area contributed by atoms with E-state index in [1.807, 2.05) is 0 Å². The van der Waals surface area contributed by atoms with Gasteiger partial charge in [0.05, 0.1) is 5.56 Å². The number of nitrogen functional groups attached to an aromatic ring is 1. The van der Waals surface area contributed by atoms with Crippen LogP contribution in [0.15, 0.2) is 12.3 Å². The number of aromatic nitrogens is 1. The molecule has 0 aliphatic heterocycles. The first-order valence-corrected chi connectivity index (χ1v) is 3.35. The van der Waals surface area contributed by atoms with Gasteiger partial charge in [0.15, 0.2) is 0 Å². The van der Waals surface area contributed by atoms with E-state index in [0.29, 0.717) is 0 Å². The summed E-state index contributed by atoms with van der Waals surface area (Å²) in [6.45, 7) is 0. The third kappa shape index (κ3) is 1.90. The van der Waals surface area contributed by atoms with Gasteiger partial charge in [-0.2, -0.15) is 0 Å². The fourth-order valence-electron chi connectivity index (χ4n) is 0.808. The third-order valence-corrected chi connectivity index (χ3v) is 1.46. The number of primary amides is 1. The van der Waals surface area contributed by atoms with E-state index in [1.165, 1.54) is 0 Å². The molecule has 1 heterocycles. The molecule has 0 fully saturated rings. The van der Waals surface area contributed by atoms with Gasteiger partial charge >= 0.3 is 0 Å². The van der Waals surface area contributed by atoms with Crippen molar-refractivity contribution >= 4 is 11.7 Å². The Morgan fingerprint density at radius 2 is 2.15 bits per heavy atom. The Morgan fingerprint density at radius 1 is 1.54 bits per heavy atom. The highest BCUT2D eigenvalue weighted by molar-refractivity contribution is 5.97. The molecule has 70 valence electrons. The highest BCUT2D eigenvalue weighted by Gasteiger charge is 2.13. The minimum Gasteiger partial charge on any atom is -0.383 e. The number of rotatable bonds is 2. The number of nitrogens with zero attached hydrogens (tertiary/aromatic N) is 1. The van der Waals surface area contributed by atoms with Gasteiger partial charge in [-0.3, -0.25) is 4.79 Å². The Balaban J connectivity index is 3.19. The first kappa shape index (κ1) is 9.37. The summed E-state index contributed by atoms with van der Waals surface area (Å²) in [5, 5.41) is 0. The van der Waals surface area contributed by atoms with Gasteiger partial charge in [0, 0.05) is 11.8 Å². The Kier molecular flexibility index (Phi) is 2.41. The largest absolute Gasteiger partial charge is 0.383 e. The van der Waals surface area contributed by atoms with Gasteiger partial charge in [-0.1, -0.05) is 0 Å². The average Bonchev–Trinajstić information content (AvgIpc) is 2.04. The molecule has 0 bridgehead atoms. The minimum atomic E-state index is -2.69. The van der Waals surface area contributed by atoms with Crippen molar-refractivity contribution in [2.45, 2.75) is 6.43 Å². The van der Waals surface area contributed by atoms with Crippen molar-refractivity contribution in [1.29, 1.82) is 0 Å². The van der Waals surface area contributed by atoms with Crippen molar-refractivity contribution in [1.82, 2.24) is 4.98 Å². The second kappa shape index (κ2) is 3.34. The van der Waals surface area contributed by atoms with E-state index >= 15 is 0 Å². The molecular formula is C7H7F2N3O. The van der Waals surface area contributed by atoms with Crippen LogP contribution in [0, 0.1) is 0 Å². The van der Waals surface area contributed by atoms with Crippen LogP contribution in [0.3, 0.4) is 0 Å². The summed E-state index contributed by atoms with van der Waals surface area (Å²) in [4.78, 5) is 14.1. The number of halogens is 2. The van der Waals surface area contributed by atoms with Gasteiger partial charge in [-0.25, -0.2) is 13.8 Å². The maximum absolute atomic E-state index is 12.1. The van der Waals surface area contributed by atoms with Crippen molar-refractivity contribution in [3.8, 4) is 0 Å². The van der Waals surface area contributed by atoms with Gasteiger partial charge in [0.1, 0.15) is 5.82 Å². The molecule has 6 heteroatoms. The summed E-state index contributed by atoms with van der Waals surface area (Å²) in [6.07, 6.45) is -1.78. The average molecular weight is 187 g/mol. The summed E-state index contributed by atoms with van der Waals surface area (Å²) in [6, 6.07) is 0.940. The number of amides is 1. The molecule has 0 aliphatic rings. The molecule has 4 N–H and O–H groups in total. The topological polar surface area (TPSA) is 82.0 Å². The van der Waals surface area contributed by atoms with Gasteiger partial charge < -0.3 is 11.5 Å². The Bertz CT molecular complexity index is 341. The van der Waals surface area contributed by atoms with Crippen LogP contribution in [0.1, 0.15) is 22.3 Å². The van der Waals surface area contributed by atoms with Crippen LogP contribution in [0.5, 0.6) is 0 Å². The zero-order valence-electron chi connectivity index (χ0n) is 6.50. The number of hydrogen-bond acceptors (Lipinski definition) is 3. The molecular weight excluding hydrogens is 180 g/mol. The predicted octanol–water partition coefficient (Wildman–Crippen LogP) is 0.700. The lowest BCUT2D eigenvalue weighted by Crippen LogP contribution is -2.15. The van der Waals surface area contributed by atoms with Crippen LogP contribution < -0.4 is 11.5 Å². The van der Waals surface area contributed by atoms with Crippen molar-refractivity contribution in [2.24, 2.45) is 5.73 Å². The Labute approximate surface area is 72.6 Å². The molecule has 0 atom stereocenters. The van der Waals surface area contributed by atoms with E-state index in [1.54, 1.807) is 0 Å². The molecule has 1 aromatic heterocycles. The minimum absolute atomic E-state index is 0.142. The Hall–Kier alpha value is -1.72. The second-order valence-corrected chi connectivity index (χ2v) is 2.37. The molecule has 13 heavy (non-hydrogen) atoms. The molecule has 0 radical (unpaired) electrons. The molecule has 4 nitrogen and oxygen atoms in total. The second-order valence-electron chi connectivity index (χ2n) is 2.37. The summed E-state index contributed by atoms with van der Waals surface area (Å²) in [5.74, 6) is -1.01. The number of pyridine rings is 1. The molecule has 0 unspecified atom stereocenters. The third-order valence-electron chi connectivity index (χ3n) is 1.46. The number of carbonyl (C=O) groups is 1. The molecule has 0 spiro atoms. The SMILES string of the molecule is NC(=O)c1cc(C(F)F)cnc1N. The van der Waals surface area contributed by atoms with Gasteiger partial charge in [0.25, 0.3) is 12.3 Å². The zero-order valence-corrected chi connectivity index (χ0v) is 6.50. The molecule has 1 rings (SSSR count). The number of carbonyl (C=O) groups excluding carboxylic acids is 1. The van der Waals surface area contributed by atoms with Crippen molar-refractivity contribution in [2.75, 3.05) is 5.73 Å². The molecule has 1 aromatic rings. The lowest BCUT2D eigenvalue weighted by molar-refractivity contribution is 0.100. The maximum atomic E-state index is 12.1. The summed E-state index contributed by atoms with van der Waals surface area (Å²) < 4.78 is 24.2. The lowest BCUT2D eigenvalue weighted by Gasteiger charge is -2.03. The summed E-state index contributed by atoms with van der Waals surface area (Å²) >= 11 is 0. The molecule has 1 amide bonds. The standard InChI is InChI=1S/C7H7F2N3O/c8-5(9)3-1-4(7(11)13)6(10)12-2-3/h1-2,5H,(H2,10,12)(H2,11,13). The number of nitrogens with two attached hydrogens (primary N) is 2. The van der Waals surface area contributed by atoms with Gasteiger partial charge in [0.2, 0.25) is 0 Å².